The Hall–Kier alpha value is -1.63. The molecular formula is C20H30N2O4. The van der Waals surface area contributed by atoms with Crippen molar-refractivity contribution < 1.29 is 19.4 Å². The maximum atomic E-state index is 12.6. The Morgan fingerprint density at radius 3 is 2.69 bits per heavy atom. The van der Waals surface area contributed by atoms with Gasteiger partial charge in [0.2, 0.25) is 5.91 Å². The van der Waals surface area contributed by atoms with Gasteiger partial charge in [-0.3, -0.25) is 4.79 Å². The van der Waals surface area contributed by atoms with Gasteiger partial charge in [-0.05, 0) is 50.6 Å². The third-order valence-corrected chi connectivity index (χ3v) is 5.16. The van der Waals surface area contributed by atoms with Crippen molar-refractivity contribution in [3.8, 4) is 5.75 Å². The minimum absolute atomic E-state index is 0.116. The first-order chi connectivity index (χ1) is 12.6. The number of carbonyl (C=O) groups is 1. The number of aliphatic hydroxyl groups is 1. The van der Waals surface area contributed by atoms with Gasteiger partial charge < -0.3 is 24.4 Å². The van der Waals surface area contributed by atoms with Gasteiger partial charge in [-0.2, -0.15) is 0 Å². The highest BCUT2D eigenvalue weighted by Gasteiger charge is 2.29. The number of hydrogen-bond acceptors (Lipinski definition) is 5. The molecule has 1 unspecified atom stereocenters. The summed E-state index contributed by atoms with van der Waals surface area (Å²) in [5, 5.41) is 10.3. The predicted molar refractivity (Wildman–Crippen MR) is 99.2 cm³/mol. The third-order valence-electron chi connectivity index (χ3n) is 5.16. The molecular weight excluding hydrogens is 332 g/mol. The van der Waals surface area contributed by atoms with Crippen molar-refractivity contribution >= 4 is 5.91 Å². The molecule has 6 heteroatoms. The van der Waals surface area contributed by atoms with Crippen LogP contribution in [0.5, 0.6) is 5.75 Å². The van der Waals surface area contributed by atoms with Crippen LogP contribution < -0.4 is 4.74 Å². The van der Waals surface area contributed by atoms with Crippen molar-refractivity contribution in [2.45, 2.75) is 25.9 Å². The number of carbonyl (C=O) groups excluding carboxylic acids is 1. The molecule has 3 rings (SSSR count). The van der Waals surface area contributed by atoms with Crippen LogP contribution in [0.2, 0.25) is 0 Å². The van der Waals surface area contributed by atoms with E-state index in [1.165, 1.54) is 0 Å². The van der Waals surface area contributed by atoms with E-state index in [2.05, 4.69) is 4.90 Å². The van der Waals surface area contributed by atoms with Crippen LogP contribution >= 0.6 is 0 Å². The summed E-state index contributed by atoms with van der Waals surface area (Å²) in [7, 11) is 0. The topological polar surface area (TPSA) is 62.2 Å². The largest absolute Gasteiger partial charge is 0.491 e. The van der Waals surface area contributed by atoms with Crippen LogP contribution in [0.1, 0.15) is 18.4 Å². The average Bonchev–Trinajstić information content (AvgIpc) is 2.67. The summed E-state index contributed by atoms with van der Waals surface area (Å²) in [6.45, 7) is 7.33. The highest BCUT2D eigenvalue weighted by atomic mass is 16.5. The molecule has 144 valence electrons. The Labute approximate surface area is 155 Å². The summed E-state index contributed by atoms with van der Waals surface area (Å²) in [6, 6.07) is 7.84. The van der Waals surface area contributed by atoms with Crippen molar-refractivity contribution in [3.63, 3.8) is 0 Å². The first-order valence-electron chi connectivity index (χ1n) is 9.58. The van der Waals surface area contributed by atoms with Crippen LogP contribution in [0.3, 0.4) is 0 Å². The standard InChI is InChI=1S/C20H30N2O4/c1-16-3-2-4-19(13-16)26-15-18(23)14-21-7-5-17(6-8-21)20(24)22-9-11-25-12-10-22/h2-4,13,17-18,23H,5-12,14-15H2,1H3. The number of morpholine rings is 1. The van der Waals surface area contributed by atoms with Crippen molar-refractivity contribution in [1.82, 2.24) is 9.80 Å². The molecule has 1 amide bonds. The molecule has 0 radical (unpaired) electrons. The van der Waals surface area contributed by atoms with Crippen molar-refractivity contribution in [3.05, 3.63) is 29.8 Å². The average molecular weight is 362 g/mol. The number of nitrogens with zero attached hydrogens (tertiary/aromatic N) is 2. The molecule has 1 N–H and O–H groups in total. The third kappa shape index (κ3) is 5.43. The summed E-state index contributed by atoms with van der Waals surface area (Å²) < 4.78 is 11.0. The van der Waals surface area contributed by atoms with Gasteiger partial charge in [0.05, 0.1) is 13.2 Å². The number of hydrogen-bond donors (Lipinski definition) is 1. The van der Waals surface area contributed by atoms with E-state index in [4.69, 9.17) is 9.47 Å². The summed E-state index contributed by atoms with van der Waals surface area (Å²) in [6.07, 6.45) is 1.20. The first-order valence-corrected chi connectivity index (χ1v) is 9.58. The van der Waals surface area contributed by atoms with Crippen LogP contribution in [0.15, 0.2) is 24.3 Å². The van der Waals surface area contributed by atoms with E-state index in [9.17, 15) is 9.90 Å². The van der Waals surface area contributed by atoms with Gasteiger partial charge in [-0.25, -0.2) is 0 Å². The quantitative estimate of drug-likeness (QED) is 0.827. The zero-order valence-corrected chi connectivity index (χ0v) is 15.6. The van der Waals surface area contributed by atoms with Crippen LogP contribution in [0.4, 0.5) is 0 Å². The van der Waals surface area contributed by atoms with Crippen LogP contribution in [-0.4, -0.2) is 79.5 Å². The molecule has 2 aliphatic heterocycles. The molecule has 1 aromatic rings. The van der Waals surface area contributed by atoms with Gasteiger partial charge in [-0.15, -0.1) is 0 Å². The Balaban J connectivity index is 1.37. The lowest BCUT2D eigenvalue weighted by Gasteiger charge is -2.36. The molecule has 0 bridgehead atoms. The van der Waals surface area contributed by atoms with E-state index >= 15 is 0 Å². The number of amides is 1. The van der Waals surface area contributed by atoms with Crippen molar-refractivity contribution in [2.24, 2.45) is 5.92 Å². The predicted octanol–water partition coefficient (Wildman–Crippen LogP) is 1.31. The first kappa shape index (κ1) is 19.1. The number of rotatable bonds is 6. The lowest BCUT2D eigenvalue weighted by Crippen LogP contribution is -2.47. The van der Waals surface area contributed by atoms with E-state index in [1.54, 1.807) is 0 Å². The van der Waals surface area contributed by atoms with Gasteiger partial charge in [-0.1, -0.05) is 12.1 Å². The number of β-amino-alcohol motifs (C(OH)–C–C–N with tert-alkyl or cyclic N) is 1. The number of piperidine rings is 1. The van der Waals surface area contributed by atoms with E-state index in [1.807, 2.05) is 36.1 Å². The fourth-order valence-electron chi connectivity index (χ4n) is 3.65. The summed E-state index contributed by atoms with van der Waals surface area (Å²) >= 11 is 0. The number of benzene rings is 1. The number of aliphatic hydroxyl groups excluding tert-OH is 1. The Bertz CT molecular complexity index is 581. The number of ether oxygens (including phenoxy) is 2. The van der Waals surface area contributed by atoms with Gasteiger partial charge in [0.1, 0.15) is 18.5 Å². The second-order valence-electron chi connectivity index (χ2n) is 7.29. The molecule has 2 saturated heterocycles. The molecule has 26 heavy (non-hydrogen) atoms. The zero-order chi connectivity index (χ0) is 18.4. The zero-order valence-electron chi connectivity index (χ0n) is 15.6. The van der Waals surface area contributed by atoms with Crippen molar-refractivity contribution in [2.75, 3.05) is 52.5 Å². The molecule has 0 aliphatic carbocycles. The second-order valence-corrected chi connectivity index (χ2v) is 7.29. The highest BCUT2D eigenvalue weighted by molar-refractivity contribution is 5.79. The molecule has 2 fully saturated rings. The SMILES string of the molecule is Cc1cccc(OCC(O)CN2CCC(C(=O)N3CCOCC3)CC2)c1. The molecule has 0 spiro atoms. The molecule has 1 aromatic carbocycles. The van der Waals surface area contributed by atoms with Crippen LogP contribution in [0.25, 0.3) is 0 Å². The summed E-state index contributed by atoms with van der Waals surface area (Å²) in [5.41, 5.74) is 1.14. The Morgan fingerprint density at radius 2 is 2.00 bits per heavy atom. The van der Waals surface area contributed by atoms with E-state index in [0.717, 1.165) is 37.2 Å². The summed E-state index contributed by atoms with van der Waals surface area (Å²) in [5.74, 6) is 1.18. The minimum atomic E-state index is -0.526. The molecule has 0 aromatic heterocycles. The molecule has 2 aliphatic rings. The maximum Gasteiger partial charge on any atom is 0.225 e. The number of likely N-dealkylation sites (tertiary alicyclic amines) is 1. The van der Waals surface area contributed by atoms with E-state index in [0.29, 0.717) is 32.8 Å². The van der Waals surface area contributed by atoms with Crippen LogP contribution in [0, 0.1) is 12.8 Å². The van der Waals surface area contributed by atoms with E-state index in [-0.39, 0.29) is 18.4 Å². The fraction of sp³-hybridized carbons (Fsp3) is 0.650. The van der Waals surface area contributed by atoms with Crippen molar-refractivity contribution in [1.29, 1.82) is 0 Å². The Morgan fingerprint density at radius 1 is 1.27 bits per heavy atom. The molecule has 0 saturated carbocycles. The second kappa shape index (κ2) is 9.35. The fourth-order valence-corrected chi connectivity index (χ4v) is 3.65. The van der Waals surface area contributed by atoms with Crippen LogP contribution in [-0.2, 0) is 9.53 Å². The normalized spacial score (nSPS) is 20.8. The number of aryl methyl sites for hydroxylation is 1. The highest BCUT2D eigenvalue weighted by Crippen LogP contribution is 2.20. The maximum absolute atomic E-state index is 12.6. The lowest BCUT2D eigenvalue weighted by atomic mass is 9.95. The van der Waals surface area contributed by atoms with Gasteiger partial charge in [0.15, 0.2) is 0 Å². The van der Waals surface area contributed by atoms with Gasteiger partial charge in [0.25, 0.3) is 0 Å². The monoisotopic (exact) mass is 362 g/mol. The Kier molecular flexibility index (Phi) is 6.88. The summed E-state index contributed by atoms with van der Waals surface area (Å²) in [4.78, 5) is 16.7. The van der Waals surface area contributed by atoms with Gasteiger partial charge >= 0.3 is 0 Å². The molecule has 6 nitrogen and oxygen atoms in total. The van der Waals surface area contributed by atoms with E-state index < -0.39 is 6.10 Å². The lowest BCUT2D eigenvalue weighted by molar-refractivity contribution is -0.141. The van der Waals surface area contributed by atoms with Gasteiger partial charge in [0, 0.05) is 25.6 Å². The smallest absolute Gasteiger partial charge is 0.225 e. The minimum Gasteiger partial charge on any atom is -0.491 e. The molecule has 2 heterocycles. The molecule has 1 atom stereocenters.